The van der Waals surface area contributed by atoms with Crippen molar-refractivity contribution in [1.82, 2.24) is 5.32 Å². The number of rotatable bonds is 5. The van der Waals surface area contributed by atoms with Crippen LogP contribution in [0.1, 0.15) is 27.7 Å². The highest BCUT2D eigenvalue weighted by atomic mass is 31.2. The first-order valence-electron chi connectivity index (χ1n) is 10.6. The molecule has 0 fully saturated rings. The van der Waals surface area contributed by atoms with Gasteiger partial charge in [0.25, 0.3) is 0 Å². The van der Waals surface area contributed by atoms with Crippen LogP contribution in [-0.2, 0) is 4.79 Å². The lowest BCUT2D eigenvalue weighted by Crippen LogP contribution is -2.48. The van der Waals surface area contributed by atoms with Gasteiger partial charge in [-0.05, 0) is 43.3 Å². The van der Waals surface area contributed by atoms with Crippen molar-refractivity contribution >= 4 is 36.3 Å². The van der Waals surface area contributed by atoms with Crippen LogP contribution in [0, 0.1) is 5.41 Å². The Labute approximate surface area is 193 Å². The van der Waals surface area contributed by atoms with Crippen molar-refractivity contribution in [2.75, 3.05) is 0 Å². The Morgan fingerprint density at radius 1 is 0.727 bits per heavy atom. The number of halogens is 4. The van der Waals surface area contributed by atoms with Gasteiger partial charge in [-0.15, -0.1) is 0 Å². The molecule has 0 saturated heterocycles. The minimum Gasteiger partial charge on any atom is -0.418 e. The smallest absolute Gasteiger partial charge is 0.418 e. The van der Waals surface area contributed by atoms with Crippen LogP contribution in [0.25, 0.3) is 0 Å². The fraction of sp³-hybridized carbons (Fsp3) is 0.240. The zero-order valence-electron chi connectivity index (χ0n) is 19.2. The van der Waals surface area contributed by atoms with Crippen LogP contribution in [0.3, 0.4) is 0 Å². The Morgan fingerprint density at radius 2 is 1.00 bits per heavy atom. The number of nitrogens with one attached hydrogen (secondary N) is 1. The van der Waals surface area contributed by atoms with Crippen molar-refractivity contribution in [3.63, 3.8) is 0 Å². The third-order valence-electron chi connectivity index (χ3n) is 5.09. The summed E-state index contributed by atoms with van der Waals surface area (Å²) >= 11 is 0. The summed E-state index contributed by atoms with van der Waals surface area (Å²) < 4.78 is 39.0. The minimum atomic E-state index is -6.00. The Bertz CT molecular complexity index is 907. The molecule has 1 amide bonds. The Kier molecular flexibility index (Phi) is 8.85. The molecule has 0 aliphatic heterocycles. The third kappa shape index (κ3) is 7.16. The van der Waals surface area contributed by atoms with Crippen molar-refractivity contribution in [3.8, 4) is 0 Å². The molecule has 0 saturated carbocycles. The summed E-state index contributed by atoms with van der Waals surface area (Å²) in [5.41, 5.74) is -0.437. The maximum absolute atomic E-state index is 12.9. The zero-order chi connectivity index (χ0) is 24.7. The lowest BCUT2D eigenvalue weighted by molar-refractivity contribution is -0.128. The highest BCUT2D eigenvalue weighted by Gasteiger charge is 2.51. The SMILES string of the molecule is CC(NC(=O)C(C)(C)C)[P+](c1ccccc1)(c1ccccc1)c1ccccc1.F[B-](F)(F)F. The van der Waals surface area contributed by atoms with Crippen molar-refractivity contribution < 1.29 is 22.1 Å². The van der Waals surface area contributed by atoms with Gasteiger partial charge in [-0.2, -0.15) is 0 Å². The Balaban J connectivity index is 0.000000696. The van der Waals surface area contributed by atoms with Gasteiger partial charge in [0.2, 0.25) is 5.91 Å². The van der Waals surface area contributed by atoms with Crippen LogP contribution < -0.4 is 21.2 Å². The molecule has 1 N–H and O–H groups in total. The molecule has 3 aromatic carbocycles. The molecule has 0 spiro atoms. The van der Waals surface area contributed by atoms with E-state index >= 15 is 0 Å². The summed E-state index contributed by atoms with van der Waals surface area (Å²) in [6, 6.07) is 31.9. The molecule has 0 heterocycles. The largest absolute Gasteiger partial charge is 0.673 e. The van der Waals surface area contributed by atoms with Gasteiger partial charge in [0, 0.05) is 5.41 Å². The summed E-state index contributed by atoms with van der Waals surface area (Å²) in [7, 11) is -8.10. The molecule has 3 rings (SSSR count). The molecular weight excluding hydrogens is 448 g/mol. The first-order chi connectivity index (χ1) is 15.4. The van der Waals surface area contributed by atoms with Crippen LogP contribution in [0.4, 0.5) is 17.3 Å². The van der Waals surface area contributed by atoms with E-state index in [1.54, 1.807) is 0 Å². The van der Waals surface area contributed by atoms with Crippen molar-refractivity contribution in [2.24, 2.45) is 5.41 Å². The third-order valence-corrected chi connectivity index (χ3v) is 9.72. The van der Waals surface area contributed by atoms with Gasteiger partial charge in [-0.1, -0.05) is 75.4 Å². The van der Waals surface area contributed by atoms with E-state index in [2.05, 4.69) is 85.0 Å². The summed E-state index contributed by atoms with van der Waals surface area (Å²) in [6.07, 6.45) is 0. The quantitative estimate of drug-likeness (QED) is 0.282. The predicted octanol–water partition coefficient (Wildman–Crippen LogP) is 5.79. The van der Waals surface area contributed by atoms with Gasteiger partial charge >= 0.3 is 7.25 Å². The fourth-order valence-electron chi connectivity index (χ4n) is 3.61. The van der Waals surface area contributed by atoms with E-state index in [1.165, 1.54) is 15.9 Å². The summed E-state index contributed by atoms with van der Waals surface area (Å²) in [4.78, 5) is 12.9. The Hall–Kier alpha value is -2.66. The van der Waals surface area contributed by atoms with Crippen LogP contribution >= 0.6 is 7.26 Å². The van der Waals surface area contributed by atoms with Crippen molar-refractivity contribution in [2.45, 2.75) is 33.5 Å². The lowest BCUT2D eigenvalue weighted by Gasteiger charge is -2.34. The number of carbonyl (C=O) groups excluding carboxylic acids is 1. The van der Waals surface area contributed by atoms with Gasteiger partial charge < -0.3 is 22.6 Å². The van der Waals surface area contributed by atoms with E-state index in [-0.39, 0.29) is 11.7 Å². The van der Waals surface area contributed by atoms with E-state index in [0.717, 1.165) is 0 Å². The van der Waals surface area contributed by atoms with Crippen molar-refractivity contribution in [1.29, 1.82) is 0 Å². The van der Waals surface area contributed by atoms with Crippen LogP contribution in [0.5, 0.6) is 0 Å². The molecule has 8 heteroatoms. The topological polar surface area (TPSA) is 29.1 Å². The lowest BCUT2D eigenvalue weighted by atomic mass is 9.96. The second-order valence-electron chi connectivity index (χ2n) is 8.62. The number of carbonyl (C=O) groups is 1. The first kappa shape index (κ1) is 26.6. The van der Waals surface area contributed by atoms with Crippen molar-refractivity contribution in [3.05, 3.63) is 91.0 Å². The standard InChI is InChI=1S/C25H28NOP.BF4/c1-20(26-24(27)25(2,3)4)28(21-14-8-5-9-15-21,22-16-10-6-11-17-22)23-18-12-7-13-19-23;2-1(3,4)5/h5-20H,1-4H3;/q;-1/p+1. The van der Waals surface area contributed by atoms with Gasteiger partial charge in [0.15, 0.2) is 5.78 Å². The van der Waals surface area contributed by atoms with Gasteiger partial charge in [-0.25, -0.2) is 0 Å². The molecule has 176 valence electrons. The van der Waals surface area contributed by atoms with E-state index in [4.69, 9.17) is 0 Å². The van der Waals surface area contributed by atoms with E-state index in [1.807, 2.05) is 39.0 Å². The monoisotopic (exact) mass is 477 g/mol. The second-order valence-corrected chi connectivity index (χ2v) is 12.4. The molecule has 1 atom stereocenters. The molecule has 0 bridgehead atoms. The maximum atomic E-state index is 12.9. The minimum absolute atomic E-state index is 0.0357. The van der Waals surface area contributed by atoms with E-state index in [0.29, 0.717) is 0 Å². The summed E-state index contributed by atoms with van der Waals surface area (Å²) in [6.45, 7) is 8.04. The highest BCUT2D eigenvalue weighted by Crippen LogP contribution is 2.58. The first-order valence-corrected chi connectivity index (χ1v) is 12.5. The Morgan fingerprint density at radius 3 is 1.24 bits per heavy atom. The van der Waals surface area contributed by atoms with Gasteiger partial charge in [0.05, 0.1) is 0 Å². The molecule has 0 aliphatic rings. The normalized spacial score (nSPS) is 12.8. The molecule has 3 aromatic rings. The van der Waals surface area contributed by atoms with Gasteiger partial charge in [0.1, 0.15) is 23.2 Å². The van der Waals surface area contributed by atoms with Gasteiger partial charge in [-0.3, -0.25) is 4.79 Å². The fourth-order valence-corrected chi connectivity index (χ4v) is 8.08. The predicted molar refractivity (Wildman–Crippen MR) is 132 cm³/mol. The second kappa shape index (κ2) is 11.0. The average Bonchev–Trinajstić information content (AvgIpc) is 2.75. The van der Waals surface area contributed by atoms with Crippen LogP contribution in [0.15, 0.2) is 91.0 Å². The number of hydrogen-bond acceptors (Lipinski definition) is 1. The number of benzene rings is 3. The maximum Gasteiger partial charge on any atom is 0.673 e. The summed E-state index contributed by atoms with van der Waals surface area (Å²) in [5, 5.41) is 7.18. The van der Waals surface area contributed by atoms with E-state index in [9.17, 15) is 22.1 Å². The summed E-state index contributed by atoms with van der Waals surface area (Å²) in [5.74, 6) is 0.0404. The molecule has 33 heavy (non-hydrogen) atoms. The number of amides is 1. The molecular formula is C25H29BF4NOP. The number of hydrogen-bond donors (Lipinski definition) is 1. The molecule has 0 radical (unpaired) electrons. The molecule has 1 unspecified atom stereocenters. The highest BCUT2D eigenvalue weighted by molar-refractivity contribution is 7.96. The van der Waals surface area contributed by atoms with E-state index < -0.39 is 19.9 Å². The molecule has 0 aromatic heterocycles. The molecule has 0 aliphatic carbocycles. The zero-order valence-corrected chi connectivity index (χ0v) is 20.1. The molecule has 2 nitrogen and oxygen atoms in total. The average molecular weight is 477 g/mol. The van der Waals surface area contributed by atoms with Crippen LogP contribution in [0.2, 0.25) is 0 Å². The van der Waals surface area contributed by atoms with Crippen LogP contribution in [-0.4, -0.2) is 18.9 Å².